The highest BCUT2D eigenvalue weighted by atomic mass is 16.5. The first kappa shape index (κ1) is 13.6. The Labute approximate surface area is 112 Å². The van der Waals surface area contributed by atoms with Crippen molar-refractivity contribution in [1.82, 2.24) is 9.97 Å². The number of hydrogen-bond donors (Lipinski definition) is 2. The fraction of sp³-hybridized carbons (Fsp3) is 0.615. The second-order valence-corrected chi connectivity index (χ2v) is 4.69. The van der Waals surface area contributed by atoms with E-state index in [0.717, 1.165) is 12.8 Å². The number of nitrogens with one attached hydrogen (secondary N) is 1. The molecule has 0 saturated heterocycles. The van der Waals surface area contributed by atoms with Crippen LogP contribution in [-0.2, 0) is 0 Å². The van der Waals surface area contributed by atoms with Gasteiger partial charge in [-0.1, -0.05) is 19.3 Å². The minimum absolute atomic E-state index is 0.219. The highest BCUT2D eigenvalue weighted by Gasteiger charge is 2.17. The highest BCUT2D eigenvalue weighted by Crippen LogP contribution is 2.22. The fourth-order valence-corrected chi connectivity index (χ4v) is 2.28. The Bertz CT molecular complexity index is 444. The molecule has 1 aromatic rings. The van der Waals surface area contributed by atoms with Gasteiger partial charge in [-0.15, -0.1) is 0 Å². The summed E-state index contributed by atoms with van der Waals surface area (Å²) in [5.41, 5.74) is 5.48. The quantitative estimate of drug-likeness (QED) is 0.845. The van der Waals surface area contributed by atoms with Crippen LogP contribution in [0, 0.1) is 0 Å². The lowest BCUT2D eigenvalue weighted by atomic mass is 9.96. The Kier molecular flexibility index (Phi) is 4.54. The molecule has 19 heavy (non-hydrogen) atoms. The number of amides is 1. The zero-order valence-electron chi connectivity index (χ0n) is 11.2. The lowest BCUT2D eigenvalue weighted by molar-refractivity contribution is 0.0995. The number of nitrogens with two attached hydrogens (primary N) is 1. The first-order chi connectivity index (χ1) is 9.20. The number of primary amides is 1. The molecule has 6 nitrogen and oxygen atoms in total. The number of hydrogen-bond acceptors (Lipinski definition) is 5. The molecule has 1 amide bonds. The summed E-state index contributed by atoms with van der Waals surface area (Å²) in [6.45, 7) is 2.27. The van der Waals surface area contributed by atoms with Crippen LogP contribution in [0.2, 0.25) is 0 Å². The molecule has 1 heterocycles. The van der Waals surface area contributed by atoms with Gasteiger partial charge in [0, 0.05) is 12.2 Å². The van der Waals surface area contributed by atoms with E-state index >= 15 is 0 Å². The van der Waals surface area contributed by atoms with Crippen LogP contribution in [0.15, 0.2) is 6.20 Å². The molecule has 3 N–H and O–H groups in total. The van der Waals surface area contributed by atoms with Crippen molar-refractivity contribution in [1.29, 1.82) is 0 Å². The van der Waals surface area contributed by atoms with Crippen LogP contribution >= 0.6 is 0 Å². The second-order valence-electron chi connectivity index (χ2n) is 4.69. The predicted octanol–water partition coefficient (Wildman–Crippen LogP) is 1.72. The van der Waals surface area contributed by atoms with E-state index in [2.05, 4.69) is 15.3 Å². The van der Waals surface area contributed by atoms with E-state index in [1.54, 1.807) is 0 Å². The minimum atomic E-state index is -0.576. The summed E-state index contributed by atoms with van der Waals surface area (Å²) in [5.74, 6) is 0.177. The third-order valence-electron chi connectivity index (χ3n) is 3.24. The monoisotopic (exact) mass is 264 g/mol. The topological polar surface area (TPSA) is 90.1 Å². The number of carbonyl (C=O) groups excluding carboxylic acids is 1. The molecule has 0 bridgehead atoms. The Morgan fingerprint density at radius 3 is 2.84 bits per heavy atom. The van der Waals surface area contributed by atoms with Crippen LogP contribution in [0.5, 0.6) is 5.88 Å². The summed E-state index contributed by atoms with van der Waals surface area (Å²) in [6.07, 6.45) is 7.44. The van der Waals surface area contributed by atoms with Gasteiger partial charge >= 0.3 is 0 Å². The van der Waals surface area contributed by atoms with Gasteiger partial charge in [-0.05, 0) is 19.8 Å². The summed E-state index contributed by atoms with van der Waals surface area (Å²) < 4.78 is 5.34. The van der Waals surface area contributed by atoms with E-state index in [9.17, 15) is 4.79 Å². The maximum absolute atomic E-state index is 11.2. The molecule has 0 aromatic carbocycles. The molecular weight excluding hydrogens is 244 g/mol. The van der Waals surface area contributed by atoms with E-state index in [-0.39, 0.29) is 11.4 Å². The largest absolute Gasteiger partial charge is 0.477 e. The molecule has 0 spiro atoms. The molecule has 1 aromatic heterocycles. The number of anilines is 1. The van der Waals surface area contributed by atoms with Gasteiger partial charge in [0.25, 0.3) is 5.91 Å². The third kappa shape index (κ3) is 3.56. The van der Waals surface area contributed by atoms with Crippen molar-refractivity contribution in [3.8, 4) is 5.88 Å². The molecule has 104 valence electrons. The molecule has 0 atom stereocenters. The van der Waals surface area contributed by atoms with Gasteiger partial charge in [-0.25, -0.2) is 4.98 Å². The molecule has 2 rings (SSSR count). The number of carbonyl (C=O) groups is 1. The van der Waals surface area contributed by atoms with E-state index < -0.39 is 5.91 Å². The van der Waals surface area contributed by atoms with Gasteiger partial charge in [-0.3, -0.25) is 4.79 Å². The predicted molar refractivity (Wildman–Crippen MR) is 72.2 cm³/mol. The zero-order chi connectivity index (χ0) is 13.7. The van der Waals surface area contributed by atoms with Gasteiger partial charge in [-0.2, -0.15) is 4.98 Å². The molecule has 6 heteroatoms. The fourth-order valence-electron chi connectivity index (χ4n) is 2.28. The van der Waals surface area contributed by atoms with Crippen LogP contribution in [-0.4, -0.2) is 28.5 Å². The average molecular weight is 264 g/mol. The molecule has 1 saturated carbocycles. The minimum Gasteiger partial charge on any atom is -0.477 e. The van der Waals surface area contributed by atoms with Crippen LogP contribution in [0.3, 0.4) is 0 Å². The SMILES string of the molecule is CCOc1nc(NC2CCCCC2)ncc1C(N)=O. The summed E-state index contributed by atoms with van der Waals surface area (Å²) in [4.78, 5) is 19.6. The summed E-state index contributed by atoms with van der Waals surface area (Å²) in [6, 6.07) is 0.405. The normalized spacial score (nSPS) is 16.1. The molecule has 1 aliphatic rings. The smallest absolute Gasteiger partial charge is 0.255 e. The van der Waals surface area contributed by atoms with Crippen molar-refractivity contribution in [3.05, 3.63) is 11.8 Å². The molecular formula is C13H20N4O2. The highest BCUT2D eigenvalue weighted by molar-refractivity contribution is 5.94. The van der Waals surface area contributed by atoms with Crippen molar-refractivity contribution in [2.45, 2.75) is 45.1 Å². The molecule has 0 radical (unpaired) electrons. The molecule has 0 unspecified atom stereocenters. The standard InChI is InChI=1S/C13H20N4O2/c1-2-19-12-10(11(14)18)8-15-13(17-12)16-9-6-4-3-5-7-9/h8-9H,2-7H2,1H3,(H2,14,18)(H,15,16,17). The number of rotatable bonds is 5. The molecule has 0 aliphatic heterocycles. The van der Waals surface area contributed by atoms with Gasteiger partial charge < -0.3 is 15.8 Å². The lowest BCUT2D eigenvalue weighted by Gasteiger charge is -2.22. The third-order valence-corrected chi connectivity index (χ3v) is 3.24. The lowest BCUT2D eigenvalue weighted by Crippen LogP contribution is -2.24. The van der Waals surface area contributed by atoms with Gasteiger partial charge in [0.15, 0.2) is 0 Å². The van der Waals surface area contributed by atoms with E-state index in [1.165, 1.54) is 25.5 Å². The van der Waals surface area contributed by atoms with Crippen molar-refractivity contribution in [2.75, 3.05) is 11.9 Å². The number of nitrogens with zero attached hydrogens (tertiary/aromatic N) is 2. The van der Waals surface area contributed by atoms with Gasteiger partial charge in [0.2, 0.25) is 11.8 Å². The van der Waals surface area contributed by atoms with Crippen molar-refractivity contribution >= 4 is 11.9 Å². The second kappa shape index (κ2) is 6.36. The zero-order valence-corrected chi connectivity index (χ0v) is 11.2. The Hall–Kier alpha value is -1.85. The van der Waals surface area contributed by atoms with Crippen LogP contribution in [0.4, 0.5) is 5.95 Å². The summed E-state index contributed by atoms with van der Waals surface area (Å²) >= 11 is 0. The average Bonchev–Trinajstić information content (AvgIpc) is 2.40. The van der Waals surface area contributed by atoms with Crippen molar-refractivity contribution in [3.63, 3.8) is 0 Å². The van der Waals surface area contributed by atoms with Gasteiger partial charge in [0.05, 0.1) is 6.61 Å². The first-order valence-electron chi connectivity index (χ1n) is 6.77. The number of ether oxygens (including phenoxy) is 1. The molecule has 1 aliphatic carbocycles. The molecule has 1 fully saturated rings. The van der Waals surface area contributed by atoms with Crippen molar-refractivity contribution < 1.29 is 9.53 Å². The van der Waals surface area contributed by atoms with Crippen LogP contribution in [0.1, 0.15) is 49.4 Å². The Balaban J connectivity index is 2.12. The van der Waals surface area contributed by atoms with Crippen LogP contribution < -0.4 is 15.8 Å². The summed E-state index contributed by atoms with van der Waals surface area (Å²) in [5, 5.41) is 3.29. The van der Waals surface area contributed by atoms with E-state index in [4.69, 9.17) is 10.5 Å². The number of aromatic nitrogens is 2. The summed E-state index contributed by atoms with van der Waals surface area (Å²) in [7, 11) is 0. The maximum Gasteiger partial charge on any atom is 0.255 e. The van der Waals surface area contributed by atoms with E-state index in [1.807, 2.05) is 6.92 Å². The van der Waals surface area contributed by atoms with Crippen LogP contribution in [0.25, 0.3) is 0 Å². The first-order valence-corrected chi connectivity index (χ1v) is 6.77. The Morgan fingerprint density at radius 2 is 2.21 bits per heavy atom. The van der Waals surface area contributed by atoms with Gasteiger partial charge in [0.1, 0.15) is 5.56 Å². The maximum atomic E-state index is 11.2. The van der Waals surface area contributed by atoms with E-state index in [0.29, 0.717) is 18.6 Å². The Morgan fingerprint density at radius 1 is 1.47 bits per heavy atom. The van der Waals surface area contributed by atoms with Crippen molar-refractivity contribution in [2.24, 2.45) is 5.73 Å².